The van der Waals surface area contributed by atoms with Crippen LogP contribution in [-0.4, -0.2) is 66.9 Å². The summed E-state index contributed by atoms with van der Waals surface area (Å²) in [6.45, 7) is 5.61. The lowest BCUT2D eigenvalue weighted by molar-refractivity contribution is -0.160. The first-order valence-electron chi connectivity index (χ1n) is 7.85. The van der Waals surface area contributed by atoms with Crippen molar-refractivity contribution in [2.75, 3.05) is 18.6 Å². The largest absolute Gasteiger partial charge is 0.368 e. The van der Waals surface area contributed by atoms with Crippen LogP contribution in [0.4, 0.5) is 0 Å². The molecule has 1 aromatic rings. The summed E-state index contributed by atoms with van der Waals surface area (Å²) >= 11 is 3.09. The van der Waals surface area contributed by atoms with Crippen LogP contribution in [0, 0.1) is 5.41 Å². The number of aromatic nitrogens is 4. The number of carbonyl (C=O) groups excluding carboxylic acids is 2. The van der Waals surface area contributed by atoms with E-state index in [4.69, 9.17) is 4.74 Å². The molecule has 10 heteroatoms. The summed E-state index contributed by atoms with van der Waals surface area (Å²) in [5.41, 5.74) is 0.900. The maximum absolute atomic E-state index is 13.0. The van der Waals surface area contributed by atoms with Crippen LogP contribution in [0.25, 0.3) is 0 Å². The van der Waals surface area contributed by atoms with E-state index in [1.54, 1.807) is 28.4 Å². The Hall–Kier alpha value is -1.39. The van der Waals surface area contributed by atoms with Gasteiger partial charge in [0.2, 0.25) is 5.16 Å². The van der Waals surface area contributed by atoms with Crippen LogP contribution >= 0.6 is 23.5 Å². The SMILES string of the molecule is CO[C@H]1C(=O)N2C(C(=O)C(C)(C)C)=C(CSc3nnnn3C)CS[C@H]12. The predicted molar refractivity (Wildman–Crippen MR) is 94.9 cm³/mol. The molecule has 2 aliphatic rings. The Morgan fingerprint density at radius 3 is 2.72 bits per heavy atom. The molecule has 1 fully saturated rings. The highest BCUT2D eigenvalue weighted by atomic mass is 32.2. The second-order valence-corrected chi connectivity index (χ2v) is 9.02. The zero-order valence-corrected chi connectivity index (χ0v) is 16.5. The van der Waals surface area contributed by atoms with Crippen molar-refractivity contribution in [1.29, 1.82) is 0 Å². The molecule has 0 N–H and O–H groups in total. The summed E-state index contributed by atoms with van der Waals surface area (Å²) in [6, 6.07) is 0. The maximum Gasteiger partial charge on any atom is 0.260 e. The molecule has 1 saturated heterocycles. The second kappa shape index (κ2) is 6.73. The van der Waals surface area contributed by atoms with E-state index in [1.165, 1.54) is 18.9 Å². The highest BCUT2D eigenvalue weighted by molar-refractivity contribution is 8.01. The minimum Gasteiger partial charge on any atom is -0.368 e. The maximum atomic E-state index is 13.0. The number of nitrogens with zero attached hydrogens (tertiary/aromatic N) is 5. The molecule has 1 aromatic heterocycles. The molecule has 0 bridgehead atoms. The van der Waals surface area contributed by atoms with Gasteiger partial charge in [0.15, 0.2) is 11.9 Å². The molecule has 25 heavy (non-hydrogen) atoms. The van der Waals surface area contributed by atoms with E-state index >= 15 is 0 Å². The number of tetrazole rings is 1. The van der Waals surface area contributed by atoms with Crippen molar-refractivity contribution in [3.63, 3.8) is 0 Å². The van der Waals surface area contributed by atoms with Gasteiger partial charge in [-0.2, -0.15) is 0 Å². The Labute approximate surface area is 154 Å². The number of amides is 1. The molecule has 0 radical (unpaired) electrons. The number of carbonyl (C=O) groups is 2. The van der Waals surface area contributed by atoms with Gasteiger partial charge in [-0.15, -0.1) is 16.9 Å². The number of aryl methyl sites for hydroxylation is 1. The minimum atomic E-state index is -0.567. The van der Waals surface area contributed by atoms with Crippen LogP contribution in [-0.2, 0) is 21.4 Å². The molecule has 2 atom stereocenters. The van der Waals surface area contributed by atoms with Crippen molar-refractivity contribution in [2.45, 2.75) is 37.4 Å². The number of rotatable bonds is 5. The number of ether oxygens (including phenoxy) is 1. The molecule has 0 aliphatic carbocycles. The number of hydrogen-bond donors (Lipinski definition) is 0. The quantitative estimate of drug-likeness (QED) is 0.552. The standard InChI is InChI=1S/C15H21N5O3S2/c1-15(2,3)11(21)9-8(7-25-14-16-17-18-19(14)4)6-24-13-10(23-5)12(22)20(9)13/h10,13H,6-7H2,1-5H3/t10-,13+/m0/s1. The van der Waals surface area contributed by atoms with E-state index in [-0.39, 0.29) is 17.1 Å². The van der Waals surface area contributed by atoms with Gasteiger partial charge in [-0.05, 0) is 16.0 Å². The van der Waals surface area contributed by atoms with Gasteiger partial charge >= 0.3 is 0 Å². The predicted octanol–water partition coefficient (Wildman–Crippen LogP) is 1.10. The van der Waals surface area contributed by atoms with E-state index in [0.29, 0.717) is 22.4 Å². The van der Waals surface area contributed by atoms with E-state index in [9.17, 15) is 9.59 Å². The summed E-state index contributed by atoms with van der Waals surface area (Å²) in [6.07, 6.45) is -0.468. The van der Waals surface area contributed by atoms with Crippen molar-refractivity contribution in [3.05, 3.63) is 11.3 Å². The van der Waals surface area contributed by atoms with Crippen molar-refractivity contribution in [2.24, 2.45) is 12.5 Å². The Kier molecular flexibility index (Phi) is 4.95. The van der Waals surface area contributed by atoms with Gasteiger partial charge in [-0.3, -0.25) is 14.5 Å². The first kappa shape index (κ1) is 18.4. The number of β-lactam (4-membered cyclic amide) rings is 1. The van der Waals surface area contributed by atoms with Gasteiger partial charge in [-0.1, -0.05) is 32.5 Å². The zero-order chi connectivity index (χ0) is 18.4. The Morgan fingerprint density at radius 1 is 1.44 bits per heavy atom. The fraction of sp³-hybridized carbons (Fsp3) is 0.667. The summed E-state index contributed by atoms with van der Waals surface area (Å²) in [7, 11) is 3.30. The van der Waals surface area contributed by atoms with Crippen LogP contribution in [0.2, 0.25) is 0 Å². The van der Waals surface area contributed by atoms with Crippen molar-refractivity contribution < 1.29 is 14.3 Å². The second-order valence-electron chi connectivity index (χ2n) is 6.97. The number of hydrogen-bond acceptors (Lipinski definition) is 8. The zero-order valence-electron chi connectivity index (χ0n) is 14.8. The van der Waals surface area contributed by atoms with Crippen molar-refractivity contribution in [3.8, 4) is 0 Å². The smallest absolute Gasteiger partial charge is 0.260 e. The van der Waals surface area contributed by atoms with E-state index in [0.717, 1.165) is 5.57 Å². The van der Waals surface area contributed by atoms with Crippen LogP contribution < -0.4 is 0 Å². The molecule has 0 spiro atoms. The van der Waals surface area contributed by atoms with Crippen LogP contribution in [0.1, 0.15) is 20.8 Å². The Morgan fingerprint density at radius 2 is 2.16 bits per heavy atom. The number of Topliss-reactive ketones (excluding diaryl/α,β-unsaturated/α-hetero) is 1. The Balaban J connectivity index is 1.91. The summed E-state index contributed by atoms with van der Waals surface area (Å²) in [5, 5.41) is 11.9. The van der Waals surface area contributed by atoms with Gasteiger partial charge in [0.1, 0.15) is 5.37 Å². The average molecular weight is 383 g/mol. The third kappa shape index (κ3) is 3.22. The summed E-state index contributed by atoms with van der Waals surface area (Å²) in [5.74, 6) is 1.08. The van der Waals surface area contributed by atoms with Gasteiger partial charge in [0.05, 0.1) is 5.70 Å². The van der Waals surface area contributed by atoms with E-state index in [2.05, 4.69) is 15.5 Å². The third-order valence-corrected chi connectivity index (χ3v) is 6.52. The van der Waals surface area contributed by atoms with Gasteiger partial charge in [-0.25, -0.2) is 4.68 Å². The van der Waals surface area contributed by atoms with Gasteiger partial charge < -0.3 is 4.74 Å². The first-order chi connectivity index (χ1) is 11.8. The minimum absolute atomic E-state index is 0.0209. The Bertz CT molecular complexity index is 740. The molecule has 0 saturated carbocycles. The molecule has 1 amide bonds. The summed E-state index contributed by atoms with van der Waals surface area (Å²) < 4.78 is 6.86. The monoisotopic (exact) mass is 383 g/mol. The van der Waals surface area contributed by atoms with E-state index < -0.39 is 11.5 Å². The topological polar surface area (TPSA) is 90.2 Å². The van der Waals surface area contributed by atoms with Gasteiger partial charge in [0, 0.05) is 31.1 Å². The molecule has 136 valence electrons. The fourth-order valence-corrected chi connectivity index (χ4v) is 5.07. The lowest BCUT2D eigenvalue weighted by Crippen LogP contribution is -2.66. The average Bonchev–Trinajstić information content (AvgIpc) is 2.96. The van der Waals surface area contributed by atoms with Crippen molar-refractivity contribution in [1.82, 2.24) is 25.1 Å². The number of thioether (sulfide) groups is 2. The highest BCUT2D eigenvalue weighted by Crippen LogP contribution is 2.44. The molecule has 0 aromatic carbocycles. The third-order valence-electron chi connectivity index (χ3n) is 4.11. The molecular formula is C15H21N5O3S2. The molecule has 3 rings (SSSR count). The highest BCUT2D eigenvalue weighted by Gasteiger charge is 2.54. The number of fused-ring (bicyclic) bond motifs is 1. The van der Waals surface area contributed by atoms with Crippen LogP contribution in [0.5, 0.6) is 0 Å². The first-order valence-corrected chi connectivity index (χ1v) is 9.88. The summed E-state index contributed by atoms with van der Waals surface area (Å²) in [4.78, 5) is 27.1. The normalized spacial score (nSPS) is 23.6. The molecule has 8 nitrogen and oxygen atoms in total. The van der Waals surface area contributed by atoms with Crippen LogP contribution in [0.15, 0.2) is 16.4 Å². The molecular weight excluding hydrogens is 362 g/mol. The molecule has 0 unspecified atom stereocenters. The fourth-order valence-electron chi connectivity index (χ4n) is 2.71. The van der Waals surface area contributed by atoms with Crippen LogP contribution in [0.3, 0.4) is 0 Å². The number of methoxy groups -OCH3 is 1. The van der Waals surface area contributed by atoms with Gasteiger partial charge in [0.25, 0.3) is 5.91 Å². The number of ketones is 1. The lowest BCUT2D eigenvalue weighted by atomic mass is 9.86. The van der Waals surface area contributed by atoms with Crippen molar-refractivity contribution >= 4 is 35.2 Å². The number of allylic oxidation sites excluding steroid dienone is 1. The van der Waals surface area contributed by atoms with E-state index in [1.807, 2.05) is 20.8 Å². The lowest BCUT2D eigenvalue weighted by Gasteiger charge is -2.50. The molecule has 3 heterocycles. The molecule has 2 aliphatic heterocycles.